The molecule has 1 aromatic carbocycles. The number of aryl methyl sites for hydroxylation is 2. The number of benzene rings is 1. The Hall–Kier alpha value is -1.90. The number of rotatable bonds is 3. The zero-order valence-corrected chi connectivity index (χ0v) is 9.10. The molecule has 0 amide bonds. The second-order valence-electron chi connectivity index (χ2n) is 3.91. The number of fused-ring (bicyclic) bond motifs is 1. The van der Waals surface area contributed by atoms with Gasteiger partial charge in [0.25, 0.3) is 0 Å². The van der Waals surface area contributed by atoms with Gasteiger partial charge in [-0.05, 0) is 36.4 Å². The Balaban J connectivity index is 2.46. The maximum Gasteiger partial charge on any atom is 0.303 e. The third-order valence-corrected chi connectivity index (χ3v) is 2.59. The van der Waals surface area contributed by atoms with Crippen LogP contribution in [-0.2, 0) is 11.2 Å². The second-order valence-corrected chi connectivity index (χ2v) is 3.91. The van der Waals surface area contributed by atoms with Crippen molar-refractivity contribution in [1.29, 1.82) is 0 Å². The number of carboxylic acids is 1. The Labute approximate surface area is 93.7 Å². The van der Waals surface area contributed by atoms with Gasteiger partial charge in [-0.15, -0.1) is 0 Å². The molecule has 3 heteroatoms. The quantitative estimate of drug-likeness (QED) is 0.856. The van der Waals surface area contributed by atoms with Crippen LogP contribution in [-0.4, -0.2) is 16.1 Å². The lowest BCUT2D eigenvalue weighted by Crippen LogP contribution is -1.98. The number of aliphatic carboxylic acids is 1. The molecule has 0 radical (unpaired) electrons. The lowest BCUT2D eigenvalue weighted by atomic mass is 10.00. The summed E-state index contributed by atoms with van der Waals surface area (Å²) in [6.45, 7) is 2.01. The van der Waals surface area contributed by atoms with E-state index in [9.17, 15) is 4.79 Å². The summed E-state index contributed by atoms with van der Waals surface area (Å²) in [6, 6.07) is 6.05. The van der Waals surface area contributed by atoms with Gasteiger partial charge in [0.1, 0.15) is 0 Å². The molecular formula is C13H13NO2. The fourth-order valence-corrected chi connectivity index (χ4v) is 1.90. The van der Waals surface area contributed by atoms with E-state index in [1.807, 2.05) is 25.3 Å². The molecule has 82 valence electrons. The summed E-state index contributed by atoms with van der Waals surface area (Å²) in [6.07, 6.45) is 4.28. The smallest absolute Gasteiger partial charge is 0.303 e. The molecule has 0 unspecified atom stereocenters. The van der Waals surface area contributed by atoms with Gasteiger partial charge in [0, 0.05) is 24.2 Å². The van der Waals surface area contributed by atoms with Crippen LogP contribution in [0.2, 0.25) is 0 Å². The van der Waals surface area contributed by atoms with Gasteiger partial charge in [-0.2, -0.15) is 0 Å². The van der Waals surface area contributed by atoms with Crippen LogP contribution in [0.4, 0.5) is 0 Å². The van der Waals surface area contributed by atoms with Crippen molar-refractivity contribution < 1.29 is 9.90 Å². The molecule has 0 aliphatic rings. The molecule has 0 bridgehead atoms. The van der Waals surface area contributed by atoms with E-state index in [4.69, 9.17) is 5.11 Å². The van der Waals surface area contributed by atoms with Crippen molar-refractivity contribution in [3.05, 3.63) is 41.7 Å². The molecule has 1 heterocycles. The second kappa shape index (κ2) is 4.31. The summed E-state index contributed by atoms with van der Waals surface area (Å²) < 4.78 is 0. The molecule has 0 aliphatic carbocycles. The number of carboxylic acid groups (broad SMARTS) is 1. The van der Waals surface area contributed by atoms with E-state index in [0.717, 1.165) is 21.9 Å². The first-order chi connectivity index (χ1) is 7.66. The highest BCUT2D eigenvalue weighted by atomic mass is 16.4. The predicted octanol–water partition coefficient (Wildman–Crippen LogP) is 2.56. The molecule has 1 N–H and O–H groups in total. The van der Waals surface area contributed by atoms with Crippen molar-refractivity contribution in [1.82, 2.24) is 4.98 Å². The monoisotopic (exact) mass is 215 g/mol. The number of nitrogens with zero attached hydrogens (tertiary/aromatic N) is 1. The fraction of sp³-hybridized carbons (Fsp3) is 0.231. The van der Waals surface area contributed by atoms with Gasteiger partial charge in [-0.3, -0.25) is 9.78 Å². The van der Waals surface area contributed by atoms with Gasteiger partial charge < -0.3 is 5.11 Å². The third kappa shape index (κ3) is 2.19. The highest BCUT2D eigenvalue weighted by Crippen LogP contribution is 2.21. The van der Waals surface area contributed by atoms with Crippen LogP contribution >= 0.6 is 0 Å². The van der Waals surface area contributed by atoms with E-state index < -0.39 is 5.97 Å². The van der Waals surface area contributed by atoms with Crippen LogP contribution in [0.1, 0.15) is 17.5 Å². The summed E-state index contributed by atoms with van der Waals surface area (Å²) in [7, 11) is 0. The van der Waals surface area contributed by atoms with Crippen molar-refractivity contribution in [3.8, 4) is 0 Å². The first-order valence-corrected chi connectivity index (χ1v) is 5.22. The van der Waals surface area contributed by atoms with Gasteiger partial charge in [0.15, 0.2) is 0 Å². The normalized spacial score (nSPS) is 10.6. The predicted molar refractivity (Wildman–Crippen MR) is 62.4 cm³/mol. The highest BCUT2D eigenvalue weighted by Gasteiger charge is 2.04. The maximum atomic E-state index is 10.6. The lowest BCUT2D eigenvalue weighted by molar-refractivity contribution is -0.136. The van der Waals surface area contributed by atoms with E-state index in [1.54, 1.807) is 6.20 Å². The van der Waals surface area contributed by atoms with Crippen LogP contribution in [0.15, 0.2) is 30.6 Å². The van der Waals surface area contributed by atoms with Gasteiger partial charge >= 0.3 is 5.97 Å². The van der Waals surface area contributed by atoms with E-state index in [1.165, 1.54) is 0 Å². The molecule has 0 fully saturated rings. The number of hydrogen-bond donors (Lipinski definition) is 1. The minimum absolute atomic E-state index is 0.168. The van der Waals surface area contributed by atoms with Gasteiger partial charge in [0.05, 0.1) is 0 Å². The van der Waals surface area contributed by atoms with Gasteiger partial charge in [-0.25, -0.2) is 0 Å². The van der Waals surface area contributed by atoms with Crippen molar-refractivity contribution in [3.63, 3.8) is 0 Å². The molecule has 0 aliphatic heterocycles. The number of aromatic nitrogens is 1. The topological polar surface area (TPSA) is 50.2 Å². The molecule has 2 rings (SSSR count). The first kappa shape index (κ1) is 10.6. The maximum absolute atomic E-state index is 10.6. The Morgan fingerprint density at radius 1 is 1.44 bits per heavy atom. The zero-order valence-electron chi connectivity index (χ0n) is 9.10. The average molecular weight is 215 g/mol. The molecule has 2 aromatic rings. The van der Waals surface area contributed by atoms with Crippen LogP contribution < -0.4 is 0 Å². The average Bonchev–Trinajstić information content (AvgIpc) is 2.25. The zero-order chi connectivity index (χ0) is 11.5. The van der Waals surface area contributed by atoms with Crippen molar-refractivity contribution in [2.45, 2.75) is 19.8 Å². The Morgan fingerprint density at radius 3 is 3.00 bits per heavy atom. The van der Waals surface area contributed by atoms with Gasteiger partial charge in [-0.1, -0.05) is 11.6 Å². The lowest BCUT2D eigenvalue weighted by Gasteiger charge is -2.06. The van der Waals surface area contributed by atoms with E-state index in [-0.39, 0.29) is 6.42 Å². The Kier molecular flexibility index (Phi) is 2.86. The summed E-state index contributed by atoms with van der Waals surface area (Å²) in [5.74, 6) is -0.760. The fourth-order valence-electron chi connectivity index (χ4n) is 1.90. The molecule has 16 heavy (non-hydrogen) atoms. The summed E-state index contributed by atoms with van der Waals surface area (Å²) >= 11 is 0. The Bertz CT molecular complexity index is 534. The van der Waals surface area contributed by atoms with E-state index >= 15 is 0 Å². The molecule has 0 saturated heterocycles. The third-order valence-electron chi connectivity index (χ3n) is 2.59. The SMILES string of the molecule is Cc1cc(CCC(=O)O)c2ccncc2c1. The summed E-state index contributed by atoms with van der Waals surface area (Å²) in [5.41, 5.74) is 2.22. The van der Waals surface area contributed by atoms with Crippen LogP contribution in [0.5, 0.6) is 0 Å². The molecule has 0 saturated carbocycles. The number of carbonyl (C=O) groups is 1. The number of pyridine rings is 1. The van der Waals surface area contributed by atoms with Crippen LogP contribution in [0, 0.1) is 6.92 Å². The molecular weight excluding hydrogens is 202 g/mol. The molecule has 0 atom stereocenters. The summed E-state index contributed by atoms with van der Waals surface area (Å²) in [4.78, 5) is 14.7. The van der Waals surface area contributed by atoms with Crippen LogP contribution in [0.25, 0.3) is 10.8 Å². The highest BCUT2D eigenvalue weighted by molar-refractivity contribution is 5.86. The summed E-state index contributed by atoms with van der Waals surface area (Å²) in [5, 5.41) is 10.9. The van der Waals surface area contributed by atoms with Gasteiger partial charge in [0.2, 0.25) is 0 Å². The minimum Gasteiger partial charge on any atom is -0.481 e. The molecule has 1 aromatic heterocycles. The molecule has 3 nitrogen and oxygen atoms in total. The Morgan fingerprint density at radius 2 is 2.25 bits per heavy atom. The first-order valence-electron chi connectivity index (χ1n) is 5.22. The standard InChI is InChI=1S/C13H13NO2/c1-9-6-10(2-3-13(15)16)12-4-5-14-8-11(12)7-9/h4-8H,2-3H2,1H3,(H,15,16). The van der Waals surface area contributed by atoms with Crippen LogP contribution in [0.3, 0.4) is 0 Å². The minimum atomic E-state index is -0.760. The largest absolute Gasteiger partial charge is 0.481 e. The van der Waals surface area contributed by atoms with E-state index in [2.05, 4.69) is 11.1 Å². The molecule has 0 spiro atoms. The van der Waals surface area contributed by atoms with Crippen molar-refractivity contribution in [2.75, 3.05) is 0 Å². The van der Waals surface area contributed by atoms with Crippen molar-refractivity contribution >= 4 is 16.7 Å². The number of hydrogen-bond acceptors (Lipinski definition) is 2. The van der Waals surface area contributed by atoms with E-state index in [0.29, 0.717) is 6.42 Å². The van der Waals surface area contributed by atoms with Crippen molar-refractivity contribution in [2.24, 2.45) is 0 Å².